The summed E-state index contributed by atoms with van der Waals surface area (Å²) in [7, 11) is 0. The van der Waals surface area contributed by atoms with Gasteiger partial charge in [0.25, 0.3) is 0 Å². The fourth-order valence-corrected chi connectivity index (χ4v) is 4.32. The van der Waals surface area contributed by atoms with E-state index in [0.717, 1.165) is 24.0 Å². The number of nitrogens with zero attached hydrogens (tertiary/aromatic N) is 2. The maximum atomic E-state index is 4.61. The van der Waals surface area contributed by atoms with Crippen molar-refractivity contribution in [3.63, 3.8) is 0 Å². The fourth-order valence-electron chi connectivity index (χ4n) is 2.27. The van der Waals surface area contributed by atoms with Crippen molar-refractivity contribution in [3.05, 3.63) is 35.9 Å². The van der Waals surface area contributed by atoms with Gasteiger partial charge in [-0.2, -0.15) is 0 Å². The zero-order chi connectivity index (χ0) is 12.9. The molecular formula is C14H19N3S2. The molecule has 0 aliphatic carbocycles. The predicted molar refractivity (Wildman–Crippen MR) is 85.9 cm³/mol. The second kappa shape index (κ2) is 6.68. The molecule has 0 radical (unpaired) electrons. The van der Waals surface area contributed by atoms with Crippen molar-refractivity contribution < 1.29 is 0 Å². The van der Waals surface area contributed by atoms with Gasteiger partial charge in [0.15, 0.2) is 5.17 Å². The number of nitrogens with one attached hydrogen (secondary N) is 1. The Labute approximate surface area is 123 Å². The molecule has 2 heterocycles. The Hall–Kier alpha value is -0.650. The Balaban J connectivity index is 1.41. The smallest absolute Gasteiger partial charge is 0.158 e. The summed E-state index contributed by atoms with van der Waals surface area (Å²) < 4.78 is 0. The average Bonchev–Trinajstić information content (AvgIpc) is 3.09. The molecule has 3 nitrogen and oxygen atoms in total. The van der Waals surface area contributed by atoms with Crippen LogP contribution in [0.25, 0.3) is 0 Å². The van der Waals surface area contributed by atoms with E-state index in [9.17, 15) is 0 Å². The van der Waals surface area contributed by atoms with E-state index < -0.39 is 0 Å². The first kappa shape index (κ1) is 13.3. The molecule has 1 aromatic rings. The van der Waals surface area contributed by atoms with Crippen LogP contribution < -0.4 is 5.32 Å². The summed E-state index contributed by atoms with van der Waals surface area (Å²) in [4.78, 5) is 7.09. The Bertz CT molecular complexity index is 430. The first-order valence-electron chi connectivity index (χ1n) is 6.68. The van der Waals surface area contributed by atoms with Gasteiger partial charge in [0.05, 0.1) is 18.5 Å². The number of hydrogen-bond acceptors (Lipinski definition) is 5. The van der Waals surface area contributed by atoms with Crippen LogP contribution in [-0.4, -0.2) is 46.7 Å². The molecule has 1 fully saturated rings. The summed E-state index contributed by atoms with van der Waals surface area (Å²) in [5.74, 6) is 3.52. The van der Waals surface area contributed by atoms with E-state index >= 15 is 0 Å². The van der Waals surface area contributed by atoms with Gasteiger partial charge in [0.1, 0.15) is 0 Å². The lowest BCUT2D eigenvalue weighted by atomic mass is 10.1. The van der Waals surface area contributed by atoms with E-state index in [1.165, 1.54) is 23.7 Å². The molecule has 1 aromatic carbocycles. The summed E-state index contributed by atoms with van der Waals surface area (Å²) in [6.07, 6.45) is 1.06. The van der Waals surface area contributed by atoms with Crippen molar-refractivity contribution in [1.29, 1.82) is 0 Å². The van der Waals surface area contributed by atoms with Gasteiger partial charge >= 0.3 is 0 Å². The Morgan fingerprint density at radius 2 is 2.26 bits per heavy atom. The first-order chi connectivity index (χ1) is 9.40. The van der Waals surface area contributed by atoms with Crippen molar-refractivity contribution in [2.24, 2.45) is 4.99 Å². The number of benzene rings is 1. The van der Waals surface area contributed by atoms with Crippen molar-refractivity contribution >= 4 is 28.7 Å². The Kier molecular flexibility index (Phi) is 4.69. The highest BCUT2D eigenvalue weighted by Crippen LogP contribution is 2.18. The molecule has 1 N–H and O–H groups in total. The molecule has 0 spiro atoms. The molecule has 1 saturated heterocycles. The number of hydrogen-bond donors (Lipinski definition) is 1. The largest absolute Gasteiger partial charge is 0.360 e. The molecule has 3 rings (SSSR count). The van der Waals surface area contributed by atoms with Gasteiger partial charge in [-0.1, -0.05) is 42.1 Å². The summed E-state index contributed by atoms with van der Waals surface area (Å²) in [6, 6.07) is 11.1. The van der Waals surface area contributed by atoms with E-state index in [-0.39, 0.29) is 0 Å². The van der Waals surface area contributed by atoms with Gasteiger partial charge < -0.3 is 5.32 Å². The summed E-state index contributed by atoms with van der Waals surface area (Å²) in [6.45, 7) is 2.13. The lowest BCUT2D eigenvalue weighted by molar-refractivity contribution is 0.422. The molecular weight excluding hydrogens is 274 g/mol. The first-order valence-corrected chi connectivity index (χ1v) is 8.82. The van der Waals surface area contributed by atoms with Gasteiger partial charge in [0.2, 0.25) is 0 Å². The van der Waals surface area contributed by atoms with E-state index in [2.05, 4.69) is 45.5 Å². The third kappa shape index (κ3) is 3.91. The third-order valence-corrected chi connectivity index (χ3v) is 5.35. The molecule has 5 heteroatoms. The minimum Gasteiger partial charge on any atom is -0.360 e. The number of amidine groups is 1. The van der Waals surface area contributed by atoms with Crippen molar-refractivity contribution in [2.75, 3.05) is 30.6 Å². The van der Waals surface area contributed by atoms with Crippen LogP contribution in [0, 0.1) is 0 Å². The van der Waals surface area contributed by atoms with Crippen LogP contribution in [0.5, 0.6) is 0 Å². The molecule has 0 saturated carbocycles. The molecule has 19 heavy (non-hydrogen) atoms. The maximum absolute atomic E-state index is 4.61. The lowest BCUT2D eigenvalue weighted by Crippen LogP contribution is -2.31. The SMILES string of the molecule is c1ccc(CC2CN=C(SCN3CCSC3)N2)cc1. The van der Waals surface area contributed by atoms with Gasteiger partial charge in [0, 0.05) is 18.2 Å². The predicted octanol–water partition coefficient (Wildman–Crippen LogP) is 2.25. The van der Waals surface area contributed by atoms with Gasteiger partial charge in [-0.05, 0) is 12.0 Å². The molecule has 2 aliphatic heterocycles. The van der Waals surface area contributed by atoms with E-state index in [0.29, 0.717) is 6.04 Å². The third-order valence-electron chi connectivity index (χ3n) is 3.32. The van der Waals surface area contributed by atoms with Gasteiger partial charge in [-0.3, -0.25) is 9.89 Å². The average molecular weight is 293 g/mol. The number of thioether (sulfide) groups is 2. The summed E-state index contributed by atoms with van der Waals surface area (Å²) in [5.41, 5.74) is 1.39. The summed E-state index contributed by atoms with van der Waals surface area (Å²) >= 11 is 3.87. The fraction of sp³-hybridized carbons (Fsp3) is 0.500. The Morgan fingerprint density at radius 1 is 1.37 bits per heavy atom. The second-order valence-electron chi connectivity index (χ2n) is 4.88. The highest BCUT2D eigenvalue weighted by Gasteiger charge is 2.19. The second-order valence-corrected chi connectivity index (χ2v) is 6.89. The minimum absolute atomic E-state index is 0.470. The van der Waals surface area contributed by atoms with Crippen LogP contribution in [0.4, 0.5) is 0 Å². The normalized spacial score (nSPS) is 23.4. The molecule has 102 valence electrons. The molecule has 1 unspecified atom stereocenters. The zero-order valence-corrected chi connectivity index (χ0v) is 12.6. The van der Waals surface area contributed by atoms with E-state index in [1.54, 1.807) is 0 Å². The van der Waals surface area contributed by atoms with E-state index in [4.69, 9.17) is 0 Å². The van der Waals surface area contributed by atoms with Gasteiger partial charge in [-0.15, -0.1) is 11.8 Å². The molecule has 0 bridgehead atoms. The molecule has 1 atom stereocenters. The lowest BCUT2D eigenvalue weighted by Gasteiger charge is -2.14. The van der Waals surface area contributed by atoms with Crippen LogP contribution >= 0.6 is 23.5 Å². The van der Waals surface area contributed by atoms with Crippen LogP contribution in [0.15, 0.2) is 35.3 Å². The van der Waals surface area contributed by atoms with Crippen molar-refractivity contribution in [2.45, 2.75) is 12.5 Å². The van der Waals surface area contributed by atoms with Crippen LogP contribution in [0.1, 0.15) is 5.56 Å². The van der Waals surface area contributed by atoms with E-state index in [1.807, 2.05) is 23.5 Å². The van der Waals surface area contributed by atoms with Crippen LogP contribution in [0.3, 0.4) is 0 Å². The summed E-state index contributed by atoms with van der Waals surface area (Å²) in [5, 5.41) is 4.67. The standard InChI is InChI=1S/C14H19N3S2/c1-2-4-12(5-3-1)8-13-9-15-14(16-13)19-11-17-6-7-18-10-17/h1-5,13H,6-11H2,(H,15,16). The highest BCUT2D eigenvalue weighted by molar-refractivity contribution is 8.13. The quantitative estimate of drug-likeness (QED) is 0.921. The van der Waals surface area contributed by atoms with Crippen molar-refractivity contribution in [3.8, 4) is 0 Å². The van der Waals surface area contributed by atoms with Gasteiger partial charge in [-0.25, -0.2) is 0 Å². The topological polar surface area (TPSA) is 27.6 Å². The number of rotatable bonds is 4. The highest BCUT2D eigenvalue weighted by atomic mass is 32.2. The monoisotopic (exact) mass is 293 g/mol. The Morgan fingerprint density at radius 3 is 3.05 bits per heavy atom. The molecule has 2 aliphatic rings. The number of aliphatic imine (C=N–C) groups is 1. The minimum atomic E-state index is 0.470. The molecule has 0 amide bonds. The van der Waals surface area contributed by atoms with Crippen LogP contribution in [-0.2, 0) is 6.42 Å². The maximum Gasteiger partial charge on any atom is 0.158 e. The van der Waals surface area contributed by atoms with Crippen LogP contribution in [0.2, 0.25) is 0 Å². The zero-order valence-electron chi connectivity index (χ0n) is 10.9. The van der Waals surface area contributed by atoms with Crippen molar-refractivity contribution in [1.82, 2.24) is 10.2 Å². The molecule has 0 aromatic heterocycles.